The summed E-state index contributed by atoms with van der Waals surface area (Å²) in [6, 6.07) is 0.177. The van der Waals surface area contributed by atoms with Crippen molar-refractivity contribution in [3.05, 3.63) is 18.2 Å². The van der Waals surface area contributed by atoms with Crippen molar-refractivity contribution in [2.45, 2.75) is 37.8 Å². The highest BCUT2D eigenvalue weighted by molar-refractivity contribution is 5.91. The highest BCUT2D eigenvalue weighted by Gasteiger charge is 2.24. The Labute approximate surface area is 95.0 Å². The molecule has 1 amide bonds. The zero-order chi connectivity index (χ0) is 11.5. The van der Waals surface area contributed by atoms with Crippen LogP contribution in [0.15, 0.2) is 12.4 Å². The first-order valence-corrected chi connectivity index (χ1v) is 5.72. The first-order chi connectivity index (χ1) is 7.68. The lowest BCUT2D eigenvalue weighted by molar-refractivity contribution is 0.0907. The van der Waals surface area contributed by atoms with E-state index < -0.39 is 0 Å². The molecule has 88 valence electrons. The van der Waals surface area contributed by atoms with Gasteiger partial charge in [-0.3, -0.25) is 4.79 Å². The molecule has 1 heterocycles. The highest BCUT2D eigenvalue weighted by Crippen LogP contribution is 2.17. The monoisotopic (exact) mass is 222 g/mol. The lowest BCUT2D eigenvalue weighted by atomic mass is 9.91. The van der Waals surface area contributed by atoms with Crippen molar-refractivity contribution in [1.29, 1.82) is 0 Å². The summed E-state index contributed by atoms with van der Waals surface area (Å²) in [5, 5.41) is 2.96. The van der Waals surface area contributed by atoms with Crippen LogP contribution in [0.2, 0.25) is 0 Å². The Morgan fingerprint density at radius 1 is 1.56 bits per heavy atom. The lowest BCUT2D eigenvalue weighted by Crippen LogP contribution is -2.49. The standard InChI is InChI=1S/C11H18N4O/c1-15-7-6-13-10(15)11(16)14-9-5-3-2-4-8(9)12/h6-9H,2-5,12H2,1H3,(H,14,16)/t8-,9-/m1/s1. The molecular weight excluding hydrogens is 204 g/mol. The number of nitrogens with zero attached hydrogens (tertiary/aromatic N) is 2. The molecule has 16 heavy (non-hydrogen) atoms. The summed E-state index contributed by atoms with van der Waals surface area (Å²) in [6.45, 7) is 0. The van der Waals surface area contributed by atoms with E-state index in [4.69, 9.17) is 5.73 Å². The first kappa shape index (κ1) is 11.1. The molecule has 0 radical (unpaired) electrons. The molecule has 0 spiro atoms. The summed E-state index contributed by atoms with van der Waals surface area (Å²) in [7, 11) is 1.81. The van der Waals surface area contributed by atoms with Gasteiger partial charge in [-0.1, -0.05) is 12.8 Å². The van der Waals surface area contributed by atoms with Crippen LogP contribution in [0.3, 0.4) is 0 Å². The minimum absolute atomic E-state index is 0.0815. The Bertz CT molecular complexity index is 374. The quantitative estimate of drug-likeness (QED) is 0.761. The maximum atomic E-state index is 11.9. The normalized spacial score (nSPS) is 25.4. The van der Waals surface area contributed by atoms with Crippen LogP contribution < -0.4 is 11.1 Å². The van der Waals surface area contributed by atoms with Gasteiger partial charge in [0.1, 0.15) is 0 Å². The Kier molecular flexibility index (Phi) is 3.24. The number of imidazole rings is 1. The number of carbonyl (C=O) groups excluding carboxylic acids is 1. The number of hydrogen-bond acceptors (Lipinski definition) is 3. The summed E-state index contributed by atoms with van der Waals surface area (Å²) in [5.41, 5.74) is 5.98. The molecule has 2 rings (SSSR count). The molecule has 0 aromatic carbocycles. The van der Waals surface area contributed by atoms with E-state index in [2.05, 4.69) is 10.3 Å². The fourth-order valence-electron chi connectivity index (χ4n) is 2.16. The van der Waals surface area contributed by atoms with Gasteiger partial charge in [0.15, 0.2) is 5.82 Å². The summed E-state index contributed by atoms with van der Waals surface area (Å²) < 4.78 is 1.71. The van der Waals surface area contributed by atoms with Crippen molar-refractivity contribution in [2.24, 2.45) is 12.8 Å². The van der Waals surface area contributed by atoms with Gasteiger partial charge in [0.25, 0.3) is 5.91 Å². The number of aryl methyl sites for hydroxylation is 1. The van der Waals surface area contributed by atoms with E-state index in [1.54, 1.807) is 17.0 Å². The molecule has 2 atom stereocenters. The summed E-state index contributed by atoms with van der Waals surface area (Å²) >= 11 is 0. The number of nitrogens with two attached hydrogens (primary N) is 1. The number of hydrogen-bond donors (Lipinski definition) is 2. The highest BCUT2D eigenvalue weighted by atomic mass is 16.2. The van der Waals surface area contributed by atoms with Gasteiger partial charge in [-0.2, -0.15) is 0 Å². The van der Waals surface area contributed by atoms with Crippen molar-refractivity contribution in [1.82, 2.24) is 14.9 Å². The van der Waals surface area contributed by atoms with Crippen molar-refractivity contribution in [3.63, 3.8) is 0 Å². The Balaban J connectivity index is 1.99. The van der Waals surface area contributed by atoms with Crippen LogP contribution in [0, 0.1) is 0 Å². The van der Waals surface area contributed by atoms with E-state index in [-0.39, 0.29) is 18.0 Å². The van der Waals surface area contributed by atoms with Crippen LogP contribution in [0.25, 0.3) is 0 Å². The van der Waals surface area contributed by atoms with E-state index in [9.17, 15) is 4.79 Å². The van der Waals surface area contributed by atoms with Gasteiger partial charge in [-0.05, 0) is 12.8 Å². The van der Waals surface area contributed by atoms with Crippen molar-refractivity contribution < 1.29 is 4.79 Å². The Hall–Kier alpha value is -1.36. The molecule has 3 N–H and O–H groups in total. The van der Waals surface area contributed by atoms with Gasteiger partial charge in [0.05, 0.1) is 0 Å². The van der Waals surface area contributed by atoms with Gasteiger partial charge < -0.3 is 15.6 Å². The van der Waals surface area contributed by atoms with Gasteiger partial charge in [-0.15, -0.1) is 0 Å². The summed E-state index contributed by atoms with van der Waals surface area (Å²) in [4.78, 5) is 15.9. The van der Waals surface area contributed by atoms with E-state index in [0.29, 0.717) is 5.82 Å². The third-order valence-electron chi connectivity index (χ3n) is 3.16. The fourth-order valence-corrected chi connectivity index (χ4v) is 2.16. The van der Waals surface area contributed by atoms with Crippen LogP contribution in [-0.4, -0.2) is 27.5 Å². The molecule has 0 saturated heterocycles. The molecule has 1 aromatic rings. The maximum absolute atomic E-state index is 11.9. The van der Waals surface area contributed by atoms with E-state index in [1.807, 2.05) is 7.05 Å². The van der Waals surface area contributed by atoms with Gasteiger partial charge in [0, 0.05) is 31.5 Å². The molecule has 1 saturated carbocycles. The lowest BCUT2D eigenvalue weighted by Gasteiger charge is -2.29. The Morgan fingerprint density at radius 2 is 2.31 bits per heavy atom. The molecule has 1 fully saturated rings. The molecule has 1 aromatic heterocycles. The number of amides is 1. The van der Waals surface area contributed by atoms with Crippen LogP contribution in [0.5, 0.6) is 0 Å². The molecular formula is C11H18N4O. The van der Waals surface area contributed by atoms with Crippen molar-refractivity contribution in [2.75, 3.05) is 0 Å². The third-order valence-corrected chi connectivity index (χ3v) is 3.16. The molecule has 5 heteroatoms. The average Bonchev–Trinajstić information content (AvgIpc) is 2.68. The molecule has 5 nitrogen and oxygen atoms in total. The SMILES string of the molecule is Cn1ccnc1C(=O)N[C@@H]1CCCC[C@H]1N. The second-order valence-corrected chi connectivity index (χ2v) is 4.39. The van der Waals surface area contributed by atoms with Crippen molar-refractivity contribution in [3.8, 4) is 0 Å². The van der Waals surface area contributed by atoms with Gasteiger partial charge in [-0.25, -0.2) is 4.98 Å². The number of aromatic nitrogens is 2. The minimum Gasteiger partial charge on any atom is -0.345 e. The fraction of sp³-hybridized carbons (Fsp3) is 0.636. The van der Waals surface area contributed by atoms with E-state index in [0.717, 1.165) is 25.7 Å². The largest absolute Gasteiger partial charge is 0.345 e. The number of carbonyl (C=O) groups is 1. The van der Waals surface area contributed by atoms with E-state index >= 15 is 0 Å². The molecule has 0 bridgehead atoms. The van der Waals surface area contributed by atoms with Crippen LogP contribution >= 0.6 is 0 Å². The zero-order valence-corrected chi connectivity index (χ0v) is 9.52. The number of rotatable bonds is 2. The predicted molar refractivity (Wildman–Crippen MR) is 60.9 cm³/mol. The second kappa shape index (κ2) is 4.65. The summed E-state index contributed by atoms with van der Waals surface area (Å²) in [6.07, 6.45) is 7.64. The molecule has 0 unspecified atom stereocenters. The first-order valence-electron chi connectivity index (χ1n) is 5.72. The minimum atomic E-state index is -0.130. The van der Waals surface area contributed by atoms with Crippen LogP contribution in [-0.2, 0) is 7.05 Å². The Morgan fingerprint density at radius 3 is 2.94 bits per heavy atom. The molecule has 1 aliphatic rings. The molecule has 1 aliphatic carbocycles. The average molecular weight is 222 g/mol. The number of nitrogens with one attached hydrogen (secondary N) is 1. The maximum Gasteiger partial charge on any atom is 0.287 e. The third kappa shape index (κ3) is 2.24. The predicted octanol–water partition coefficient (Wildman–Crippen LogP) is 0.420. The van der Waals surface area contributed by atoms with Crippen LogP contribution in [0.1, 0.15) is 36.3 Å². The van der Waals surface area contributed by atoms with Gasteiger partial charge >= 0.3 is 0 Å². The van der Waals surface area contributed by atoms with Gasteiger partial charge in [0.2, 0.25) is 0 Å². The molecule has 0 aliphatic heterocycles. The smallest absolute Gasteiger partial charge is 0.287 e. The second-order valence-electron chi connectivity index (χ2n) is 4.39. The zero-order valence-electron chi connectivity index (χ0n) is 9.52. The summed E-state index contributed by atoms with van der Waals surface area (Å²) in [5.74, 6) is 0.313. The van der Waals surface area contributed by atoms with Crippen LogP contribution in [0.4, 0.5) is 0 Å². The van der Waals surface area contributed by atoms with E-state index in [1.165, 1.54) is 0 Å². The van der Waals surface area contributed by atoms with Crippen molar-refractivity contribution >= 4 is 5.91 Å². The topological polar surface area (TPSA) is 72.9 Å².